The van der Waals surface area contributed by atoms with Gasteiger partial charge in [-0.1, -0.05) is 28.4 Å². The van der Waals surface area contributed by atoms with Crippen LogP contribution in [0.25, 0.3) is 11.4 Å². The number of nitrogens with one attached hydrogen (secondary N) is 1. The maximum absolute atomic E-state index is 5.95. The van der Waals surface area contributed by atoms with Crippen LogP contribution in [-0.2, 0) is 4.74 Å². The van der Waals surface area contributed by atoms with E-state index in [1.54, 1.807) is 18.2 Å². The minimum Gasteiger partial charge on any atom is -0.366 e. The molecule has 2 aromatic rings. The molecule has 0 bridgehead atoms. The summed E-state index contributed by atoms with van der Waals surface area (Å²) in [5, 5.41) is 8.20. The van der Waals surface area contributed by atoms with Gasteiger partial charge in [0.15, 0.2) is 0 Å². The van der Waals surface area contributed by atoms with Crippen molar-refractivity contribution < 1.29 is 9.26 Å². The van der Waals surface area contributed by atoms with E-state index >= 15 is 0 Å². The number of aromatic nitrogens is 2. The largest absolute Gasteiger partial charge is 0.366 e. The third-order valence-electron chi connectivity index (χ3n) is 2.77. The topological polar surface area (TPSA) is 60.2 Å². The lowest BCUT2D eigenvalue weighted by atomic mass is 10.2. The van der Waals surface area contributed by atoms with Crippen molar-refractivity contribution in [1.29, 1.82) is 0 Å². The van der Waals surface area contributed by atoms with Gasteiger partial charge < -0.3 is 14.6 Å². The average Bonchev–Trinajstić information content (AvgIpc) is 2.88. The summed E-state index contributed by atoms with van der Waals surface area (Å²) in [6.07, 6.45) is -0.204. The molecule has 0 radical (unpaired) electrons. The van der Waals surface area contributed by atoms with E-state index in [1.165, 1.54) is 0 Å². The zero-order chi connectivity index (χ0) is 13.2. The van der Waals surface area contributed by atoms with Crippen LogP contribution in [-0.4, -0.2) is 29.8 Å². The minimum atomic E-state index is -0.204. The first kappa shape index (κ1) is 12.9. The smallest absolute Gasteiger partial charge is 0.257 e. The van der Waals surface area contributed by atoms with E-state index in [1.807, 2.05) is 0 Å². The number of rotatable bonds is 2. The Morgan fingerprint density at radius 1 is 1.21 bits per heavy atom. The first-order chi connectivity index (χ1) is 9.22. The Labute approximate surface area is 119 Å². The Balaban J connectivity index is 1.87. The first-order valence-corrected chi connectivity index (χ1v) is 6.60. The average molecular weight is 300 g/mol. The van der Waals surface area contributed by atoms with Crippen molar-refractivity contribution in [3.05, 3.63) is 34.1 Å². The summed E-state index contributed by atoms with van der Waals surface area (Å²) in [6.45, 7) is 2.13. The van der Waals surface area contributed by atoms with Gasteiger partial charge in [0.2, 0.25) is 5.82 Å². The second-order valence-corrected chi connectivity index (χ2v) is 5.05. The number of morpholine rings is 1. The molecule has 0 aliphatic carbocycles. The summed E-state index contributed by atoms with van der Waals surface area (Å²) in [6, 6.07) is 5.13. The van der Waals surface area contributed by atoms with Crippen LogP contribution >= 0.6 is 23.2 Å². The van der Waals surface area contributed by atoms with E-state index in [4.69, 9.17) is 32.5 Å². The van der Waals surface area contributed by atoms with Gasteiger partial charge in [-0.2, -0.15) is 4.98 Å². The number of nitrogens with zero attached hydrogens (tertiary/aromatic N) is 2. The molecule has 0 amide bonds. The summed E-state index contributed by atoms with van der Waals surface area (Å²) in [4.78, 5) is 4.33. The summed E-state index contributed by atoms with van der Waals surface area (Å²) >= 11 is 11.9. The summed E-state index contributed by atoms with van der Waals surface area (Å²) < 4.78 is 10.8. The van der Waals surface area contributed by atoms with Crippen molar-refractivity contribution in [1.82, 2.24) is 15.5 Å². The van der Waals surface area contributed by atoms with E-state index in [0.29, 0.717) is 34.9 Å². The highest BCUT2D eigenvalue weighted by Gasteiger charge is 2.22. The standard InChI is InChI=1S/C12H11Cl2N3O2/c13-8-3-7(4-9(14)5-8)11-16-12(19-17-11)10-6-15-1-2-18-10/h3-5,10,15H,1-2,6H2. The Morgan fingerprint density at radius 3 is 2.68 bits per heavy atom. The molecule has 1 unspecified atom stereocenters. The van der Waals surface area contributed by atoms with Crippen LogP contribution in [0.15, 0.2) is 22.7 Å². The highest BCUT2D eigenvalue weighted by molar-refractivity contribution is 6.35. The molecular formula is C12H11Cl2N3O2. The molecule has 1 atom stereocenters. The molecule has 0 spiro atoms. The van der Waals surface area contributed by atoms with Crippen LogP contribution < -0.4 is 5.32 Å². The zero-order valence-corrected chi connectivity index (χ0v) is 11.4. The Bertz CT molecular complexity index is 562. The number of hydrogen-bond acceptors (Lipinski definition) is 5. The molecule has 2 heterocycles. The fraction of sp³-hybridized carbons (Fsp3) is 0.333. The second kappa shape index (κ2) is 5.46. The molecule has 100 valence electrons. The van der Waals surface area contributed by atoms with Crippen LogP contribution in [0.1, 0.15) is 12.0 Å². The van der Waals surface area contributed by atoms with E-state index in [0.717, 1.165) is 12.1 Å². The van der Waals surface area contributed by atoms with Gasteiger partial charge >= 0.3 is 0 Å². The molecule has 1 N–H and O–H groups in total. The van der Waals surface area contributed by atoms with Gasteiger partial charge in [-0.3, -0.25) is 0 Å². The zero-order valence-electron chi connectivity index (χ0n) is 9.90. The lowest BCUT2D eigenvalue weighted by Crippen LogP contribution is -2.33. The predicted molar refractivity (Wildman–Crippen MR) is 71.3 cm³/mol. The van der Waals surface area contributed by atoms with E-state index in [-0.39, 0.29) is 6.10 Å². The van der Waals surface area contributed by atoms with Gasteiger partial charge in [0, 0.05) is 28.7 Å². The molecule has 1 aliphatic rings. The predicted octanol–water partition coefficient (Wildman–Crippen LogP) is 2.70. The van der Waals surface area contributed by atoms with Crippen molar-refractivity contribution in [2.24, 2.45) is 0 Å². The van der Waals surface area contributed by atoms with Gasteiger partial charge in [0.1, 0.15) is 6.10 Å². The van der Waals surface area contributed by atoms with Gasteiger partial charge in [0.25, 0.3) is 5.89 Å². The molecule has 7 heteroatoms. The van der Waals surface area contributed by atoms with Crippen LogP contribution in [0, 0.1) is 0 Å². The van der Waals surface area contributed by atoms with Crippen molar-refractivity contribution in [3.63, 3.8) is 0 Å². The summed E-state index contributed by atoms with van der Waals surface area (Å²) in [5.74, 6) is 0.909. The maximum Gasteiger partial charge on any atom is 0.257 e. The molecule has 1 aromatic heterocycles. The number of halogens is 2. The van der Waals surface area contributed by atoms with Crippen molar-refractivity contribution in [2.75, 3.05) is 19.7 Å². The van der Waals surface area contributed by atoms with Gasteiger partial charge in [-0.05, 0) is 18.2 Å². The maximum atomic E-state index is 5.95. The van der Waals surface area contributed by atoms with Crippen LogP contribution in [0.4, 0.5) is 0 Å². The Kier molecular flexibility index (Phi) is 3.70. The van der Waals surface area contributed by atoms with Crippen LogP contribution in [0.5, 0.6) is 0 Å². The second-order valence-electron chi connectivity index (χ2n) is 4.18. The number of hydrogen-bond donors (Lipinski definition) is 1. The third-order valence-corrected chi connectivity index (χ3v) is 3.20. The van der Waals surface area contributed by atoms with Gasteiger partial charge in [0.05, 0.1) is 6.61 Å². The molecule has 19 heavy (non-hydrogen) atoms. The highest BCUT2D eigenvalue weighted by Crippen LogP contribution is 2.27. The monoisotopic (exact) mass is 299 g/mol. The van der Waals surface area contributed by atoms with Crippen LogP contribution in [0.2, 0.25) is 10.0 Å². The molecule has 5 nitrogen and oxygen atoms in total. The summed E-state index contributed by atoms with van der Waals surface area (Å²) in [5.41, 5.74) is 0.719. The van der Waals surface area contributed by atoms with Crippen LogP contribution in [0.3, 0.4) is 0 Å². The molecule has 3 rings (SSSR count). The van der Waals surface area contributed by atoms with Gasteiger partial charge in [-0.15, -0.1) is 0 Å². The lowest BCUT2D eigenvalue weighted by molar-refractivity contribution is 0.00755. The number of ether oxygens (including phenoxy) is 1. The van der Waals surface area contributed by atoms with Gasteiger partial charge in [-0.25, -0.2) is 0 Å². The minimum absolute atomic E-state index is 0.204. The third kappa shape index (κ3) is 2.90. The molecular weight excluding hydrogens is 289 g/mol. The Hall–Kier alpha value is -1.14. The summed E-state index contributed by atoms with van der Waals surface area (Å²) in [7, 11) is 0. The van der Waals surface area contributed by atoms with E-state index in [9.17, 15) is 0 Å². The van der Waals surface area contributed by atoms with E-state index < -0.39 is 0 Å². The lowest BCUT2D eigenvalue weighted by Gasteiger charge is -2.19. The van der Waals surface area contributed by atoms with Crippen molar-refractivity contribution >= 4 is 23.2 Å². The fourth-order valence-electron chi connectivity index (χ4n) is 1.89. The quantitative estimate of drug-likeness (QED) is 0.924. The number of benzene rings is 1. The Morgan fingerprint density at radius 2 is 2.00 bits per heavy atom. The first-order valence-electron chi connectivity index (χ1n) is 5.85. The van der Waals surface area contributed by atoms with E-state index in [2.05, 4.69) is 15.5 Å². The fourth-order valence-corrected chi connectivity index (χ4v) is 2.42. The molecule has 1 aliphatic heterocycles. The van der Waals surface area contributed by atoms with Crippen molar-refractivity contribution in [2.45, 2.75) is 6.10 Å². The molecule has 1 fully saturated rings. The normalized spacial score (nSPS) is 19.6. The highest BCUT2D eigenvalue weighted by atomic mass is 35.5. The van der Waals surface area contributed by atoms with Crippen molar-refractivity contribution in [3.8, 4) is 11.4 Å². The molecule has 1 aromatic carbocycles. The molecule has 0 saturated carbocycles. The molecule has 1 saturated heterocycles. The SMILES string of the molecule is Clc1cc(Cl)cc(-c2noc(C3CNCCO3)n2)c1.